The van der Waals surface area contributed by atoms with E-state index in [9.17, 15) is 0 Å². The number of nitrogens with one attached hydrogen (secondary N) is 1. The molecular weight excluding hydrogens is 306 g/mol. The minimum absolute atomic E-state index is 0.0859. The minimum Gasteiger partial charge on any atom is -0.394 e. The van der Waals surface area contributed by atoms with E-state index >= 15 is 0 Å². The molecule has 3 aromatic rings. The van der Waals surface area contributed by atoms with Crippen molar-refractivity contribution in [3.63, 3.8) is 0 Å². The normalized spacial score (nSPS) is 11.0. The molecule has 0 radical (unpaired) electrons. The van der Waals surface area contributed by atoms with Crippen molar-refractivity contribution < 1.29 is 5.11 Å². The van der Waals surface area contributed by atoms with Crippen LogP contribution in [-0.2, 0) is 20.1 Å². The summed E-state index contributed by atoms with van der Waals surface area (Å²) in [6.45, 7) is 5.28. The number of nitrogens with zero attached hydrogens (tertiary/aromatic N) is 6. The molecule has 2 N–H and O–H groups in total. The molecule has 0 unspecified atom stereocenters. The summed E-state index contributed by atoms with van der Waals surface area (Å²) in [6, 6.07) is 7.98. The highest BCUT2D eigenvalue weighted by molar-refractivity contribution is 5.62. The van der Waals surface area contributed by atoms with Gasteiger partial charge in [-0.1, -0.05) is 12.1 Å². The number of hydrogen-bond donors (Lipinski definition) is 2. The van der Waals surface area contributed by atoms with Crippen molar-refractivity contribution in [3.8, 4) is 11.4 Å². The third kappa shape index (κ3) is 3.13. The van der Waals surface area contributed by atoms with E-state index in [-0.39, 0.29) is 6.61 Å². The molecule has 0 saturated carbocycles. The van der Waals surface area contributed by atoms with Crippen LogP contribution in [0.4, 0.5) is 5.69 Å². The first-order chi connectivity index (χ1) is 11.6. The summed E-state index contributed by atoms with van der Waals surface area (Å²) in [6.07, 6.45) is 0. The van der Waals surface area contributed by atoms with Crippen LogP contribution in [0, 0.1) is 13.8 Å². The lowest BCUT2D eigenvalue weighted by Gasteiger charge is -2.09. The highest BCUT2D eigenvalue weighted by Gasteiger charge is 2.11. The lowest BCUT2D eigenvalue weighted by Crippen LogP contribution is -2.07. The van der Waals surface area contributed by atoms with E-state index in [0.29, 0.717) is 13.1 Å². The van der Waals surface area contributed by atoms with E-state index in [1.165, 1.54) is 0 Å². The fraction of sp³-hybridized carbons (Fsp3) is 0.375. The SMILES string of the molecule is Cc1nn(CCO)c(C)c1CNc1cccc(-c2nnnn2C)c1. The largest absolute Gasteiger partial charge is 0.394 e. The van der Waals surface area contributed by atoms with Crippen LogP contribution >= 0.6 is 0 Å². The number of tetrazole rings is 1. The van der Waals surface area contributed by atoms with Crippen LogP contribution in [0.25, 0.3) is 11.4 Å². The average Bonchev–Trinajstić information content (AvgIpc) is 3.11. The third-order valence-corrected chi connectivity index (χ3v) is 4.05. The summed E-state index contributed by atoms with van der Waals surface area (Å²) < 4.78 is 3.49. The molecule has 24 heavy (non-hydrogen) atoms. The Balaban J connectivity index is 1.77. The van der Waals surface area contributed by atoms with Crippen molar-refractivity contribution in [1.82, 2.24) is 30.0 Å². The average molecular weight is 327 g/mol. The molecule has 2 heterocycles. The fourth-order valence-electron chi connectivity index (χ4n) is 2.73. The topological polar surface area (TPSA) is 93.7 Å². The van der Waals surface area contributed by atoms with Crippen LogP contribution in [0.1, 0.15) is 17.0 Å². The lowest BCUT2D eigenvalue weighted by atomic mass is 10.1. The minimum atomic E-state index is 0.0859. The van der Waals surface area contributed by atoms with Crippen molar-refractivity contribution in [2.45, 2.75) is 26.9 Å². The maximum absolute atomic E-state index is 9.10. The summed E-state index contributed by atoms with van der Waals surface area (Å²) in [5, 5.41) is 28.6. The number of benzene rings is 1. The Morgan fingerprint density at radius 2 is 2.08 bits per heavy atom. The second-order valence-corrected chi connectivity index (χ2v) is 5.66. The molecular formula is C16H21N7O. The van der Waals surface area contributed by atoms with Gasteiger partial charge in [-0.2, -0.15) is 5.10 Å². The van der Waals surface area contributed by atoms with Crippen molar-refractivity contribution >= 4 is 5.69 Å². The lowest BCUT2D eigenvalue weighted by molar-refractivity contribution is 0.268. The molecule has 0 saturated heterocycles. The van der Waals surface area contributed by atoms with Crippen LogP contribution in [0.5, 0.6) is 0 Å². The van der Waals surface area contributed by atoms with Gasteiger partial charge in [0.1, 0.15) is 0 Å². The molecule has 126 valence electrons. The molecule has 0 aliphatic rings. The van der Waals surface area contributed by atoms with Crippen molar-refractivity contribution in [3.05, 3.63) is 41.2 Å². The molecule has 0 aliphatic carbocycles. The molecule has 0 fully saturated rings. The van der Waals surface area contributed by atoms with Crippen LogP contribution in [0.15, 0.2) is 24.3 Å². The number of aliphatic hydroxyl groups excluding tert-OH is 1. The Hall–Kier alpha value is -2.74. The zero-order chi connectivity index (χ0) is 17.1. The number of aliphatic hydroxyl groups is 1. The van der Waals surface area contributed by atoms with Gasteiger partial charge in [-0.05, 0) is 36.4 Å². The quantitative estimate of drug-likeness (QED) is 0.709. The summed E-state index contributed by atoms with van der Waals surface area (Å²) >= 11 is 0. The standard InChI is InChI=1S/C16H21N7O/c1-11-15(12(2)23(19-11)7-8-24)10-17-14-6-4-5-13(9-14)16-18-20-21-22(16)3/h4-6,9,17,24H,7-8,10H2,1-3H3. The Labute approximate surface area is 140 Å². The van der Waals surface area contributed by atoms with Gasteiger partial charge in [0.2, 0.25) is 0 Å². The van der Waals surface area contributed by atoms with Crippen molar-refractivity contribution in [2.24, 2.45) is 7.05 Å². The summed E-state index contributed by atoms with van der Waals surface area (Å²) in [4.78, 5) is 0. The van der Waals surface area contributed by atoms with Gasteiger partial charge >= 0.3 is 0 Å². The van der Waals surface area contributed by atoms with Gasteiger partial charge in [0.25, 0.3) is 0 Å². The highest BCUT2D eigenvalue weighted by atomic mass is 16.3. The Morgan fingerprint density at radius 3 is 2.79 bits per heavy atom. The number of hydrogen-bond acceptors (Lipinski definition) is 6. The highest BCUT2D eigenvalue weighted by Crippen LogP contribution is 2.21. The number of anilines is 1. The van der Waals surface area contributed by atoms with Gasteiger partial charge in [0.15, 0.2) is 5.82 Å². The molecule has 0 amide bonds. The number of aromatic nitrogens is 6. The fourth-order valence-corrected chi connectivity index (χ4v) is 2.73. The molecule has 3 rings (SSSR count). The first kappa shape index (κ1) is 16.1. The summed E-state index contributed by atoms with van der Waals surface area (Å²) in [5.74, 6) is 0.724. The van der Waals surface area contributed by atoms with Crippen LogP contribution in [-0.4, -0.2) is 41.7 Å². The molecule has 0 atom stereocenters. The Bertz CT molecular complexity index is 837. The van der Waals surface area contributed by atoms with E-state index in [4.69, 9.17) is 5.11 Å². The van der Waals surface area contributed by atoms with Crippen LogP contribution in [0.2, 0.25) is 0 Å². The maximum Gasteiger partial charge on any atom is 0.181 e. The predicted octanol–water partition coefficient (Wildman–Crippen LogP) is 1.29. The van der Waals surface area contributed by atoms with Gasteiger partial charge in [-0.3, -0.25) is 4.68 Å². The van der Waals surface area contributed by atoms with Gasteiger partial charge in [-0.25, -0.2) is 4.68 Å². The van der Waals surface area contributed by atoms with E-state index in [1.807, 2.05) is 49.8 Å². The zero-order valence-corrected chi connectivity index (χ0v) is 14.1. The molecule has 1 aromatic carbocycles. The van der Waals surface area contributed by atoms with E-state index in [2.05, 4.69) is 25.9 Å². The van der Waals surface area contributed by atoms with Gasteiger partial charge in [0, 0.05) is 36.1 Å². The maximum atomic E-state index is 9.10. The molecule has 0 spiro atoms. The van der Waals surface area contributed by atoms with Crippen LogP contribution in [0.3, 0.4) is 0 Å². The van der Waals surface area contributed by atoms with Gasteiger partial charge < -0.3 is 10.4 Å². The van der Waals surface area contributed by atoms with Gasteiger partial charge in [-0.15, -0.1) is 5.10 Å². The van der Waals surface area contributed by atoms with E-state index in [0.717, 1.165) is 34.0 Å². The number of aryl methyl sites for hydroxylation is 2. The molecule has 0 aliphatic heterocycles. The molecule has 0 bridgehead atoms. The van der Waals surface area contributed by atoms with Gasteiger partial charge in [0.05, 0.1) is 18.8 Å². The molecule has 8 nitrogen and oxygen atoms in total. The van der Waals surface area contributed by atoms with Crippen LogP contribution < -0.4 is 5.32 Å². The first-order valence-electron chi connectivity index (χ1n) is 7.80. The summed E-state index contributed by atoms with van der Waals surface area (Å²) in [7, 11) is 1.82. The summed E-state index contributed by atoms with van der Waals surface area (Å²) in [5.41, 5.74) is 5.14. The van der Waals surface area contributed by atoms with Crippen molar-refractivity contribution in [2.75, 3.05) is 11.9 Å². The molecule has 8 heteroatoms. The smallest absolute Gasteiger partial charge is 0.181 e. The number of rotatable bonds is 6. The Kier molecular flexibility index (Phi) is 4.57. The van der Waals surface area contributed by atoms with E-state index in [1.54, 1.807) is 4.68 Å². The monoisotopic (exact) mass is 327 g/mol. The Morgan fingerprint density at radius 1 is 1.25 bits per heavy atom. The molecule has 2 aromatic heterocycles. The first-order valence-corrected chi connectivity index (χ1v) is 7.80. The second-order valence-electron chi connectivity index (χ2n) is 5.66. The second kappa shape index (κ2) is 6.79. The van der Waals surface area contributed by atoms with E-state index < -0.39 is 0 Å². The predicted molar refractivity (Wildman–Crippen MR) is 90.3 cm³/mol. The third-order valence-electron chi connectivity index (χ3n) is 4.05. The van der Waals surface area contributed by atoms with Crippen molar-refractivity contribution in [1.29, 1.82) is 0 Å². The zero-order valence-electron chi connectivity index (χ0n) is 14.1.